The van der Waals surface area contributed by atoms with E-state index in [4.69, 9.17) is 18.9 Å². The Labute approximate surface area is 189 Å². The Morgan fingerprint density at radius 3 is 2.38 bits per heavy atom. The van der Waals surface area contributed by atoms with Gasteiger partial charge in [0.1, 0.15) is 11.8 Å². The predicted octanol–water partition coefficient (Wildman–Crippen LogP) is 3.15. The highest BCUT2D eigenvalue weighted by molar-refractivity contribution is 5.90. The molecule has 0 bridgehead atoms. The van der Waals surface area contributed by atoms with Gasteiger partial charge in [-0.3, -0.25) is 9.69 Å². The fourth-order valence-electron chi connectivity index (χ4n) is 4.62. The number of nitrogens with zero attached hydrogens (tertiary/aromatic N) is 2. The number of ether oxygens (including phenoxy) is 4. The molecule has 2 aromatic carbocycles. The van der Waals surface area contributed by atoms with Crippen LogP contribution in [0.4, 0.5) is 0 Å². The van der Waals surface area contributed by atoms with Gasteiger partial charge >= 0.3 is 0 Å². The lowest BCUT2D eigenvalue weighted by molar-refractivity contribution is -0.168. The van der Waals surface area contributed by atoms with E-state index in [1.54, 1.807) is 14.2 Å². The first kappa shape index (κ1) is 22.4. The molecule has 4 rings (SSSR count). The van der Waals surface area contributed by atoms with Gasteiger partial charge in [-0.25, -0.2) is 0 Å². The zero-order valence-corrected chi connectivity index (χ0v) is 19.2. The van der Waals surface area contributed by atoms with Gasteiger partial charge in [0.25, 0.3) is 5.91 Å². The molecule has 2 aliphatic heterocycles. The fourth-order valence-corrected chi connectivity index (χ4v) is 4.62. The van der Waals surface area contributed by atoms with E-state index in [2.05, 4.69) is 18.7 Å². The number of likely N-dealkylation sites (tertiary alicyclic amines) is 1. The molecule has 0 saturated carbocycles. The number of morpholine rings is 1. The number of β-lactam (4-membered cyclic amide) rings is 1. The van der Waals surface area contributed by atoms with Gasteiger partial charge in [-0.15, -0.1) is 0 Å². The molecule has 2 heterocycles. The van der Waals surface area contributed by atoms with Crippen LogP contribution in [-0.4, -0.2) is 74.4 Å². The molecule has 7 heteroatoms. The maximum Gasteiger partial charge on any atom is 0.266 e. The molecule has 0 spiro atoms. The van der Waals surface area contributed by atoms with E-state index in [-0.39, 0.29) is 17.5 Å². The summed E-state index contributed by atoms with van der Waals surface area (Å²) in [5, 5.41) is 0. The van der Waals surface area contributed by atoms with Gasteiger partial charge in [0, 0.05) is 30.7 Å². The molecule has 0 radical (unpaired) electrons. The van der Waals surface area contributed by atoms with Crippen molar-refractivity contribution in [2.75, 3.05) is 47.1 Å². The number of carbonyl (C=O) groups excluding carboxylic acids is 1. The molecule has 1 amide bonds. The van der Waals surface area contributed by atoms with Crippen LogP contribution < -0.4 is 14.2 Å². The van der Waals surface area contributed by atoms with Crippen LogP contribution in [-0.2, 0) is 9.53 Å². The van der Waals surface area contributed by atoms with Gasteiger partial charge in [0.15, 0.2) is 11.5 Å². The third kappa shape index (κ3) is 4.27. The molecule has 32 heavy (non-hydrogen) atoms. The van der Waals surface area contributed by atoms with Crippen molar-refractivity contribution < 1.29 is 23.7 Å². The maximum absolute atomic E-state index is 13.4. The molecular formula is C25H32N2O5. The zero-order chi connectivity index (χ0) is 22.7. The maximum atomic E-state index is 13.4. The average Bonchev–Trinajstić information content (AvgIpc) is 2.83. The summed E-state index contributed by atoms with van der Waals surface area (Å²) >= 11 is 0. The summed E-state index contributed by atoms with van der Waals surface area (Å²) in [5.74, 6) is 1.91. The Morgan fingerprint density at radius 2 is 1.72 bits per heavy atom. The fraction of sp³-hybridized carbons (Fsp3) is 0.480. The van der Waals surface area contributed by atoms with Gasteiger partial charge in [-0.2, -0.15) is 0 Å². The third-order valence-corrected chi connectivity index (χ3v) is 6.33. The van der Waals surface area contributed by atoms with E-state index in [9.17, 15) is 4.79 Å². The van der Waals surface area contributed by atoms with Crippen LogP contribution in [0, 0.1) is 0 Å². The number of methoxy groups -OCH3 is 2. The Balaban J connectivity index is 1.66. The molecule has 2 aromatic rings. The molecule has 2 saturated heterocycles. The molecule has 0 aliphatic carbocycles. The lowest BCUT2D eigenvalue weighted by Crippen LogP contribution is -2.66. The predicted molar refractivity (Wildman–Crippen MR) is 121 cm³/mol. The second-order valence-electron chi connectivity index (χ2n) is 8.76. The molecule has 2 atom stereocenters. The first-order chi connectivity index (χ1) is 15.5. The van der Waals surface area contributed by atoms with Gasteiger partial charge in [0.2, 0.25) is 6.10 Å². The van der Waals surface area contributed by atoms with Crippen molar-refractivity contribution in [3.05, 3.63) is 54.1 Å². The van der Waals surface area contributed by atoms with E-state index >= 15 is 0 Å². The summed E-state index contributed by atoms with van der Waals surface area (Å²) in [6, 6.07) is 14.9. The Kier molecular flexibility index (Phi) is 6.58. The van der Waals surface area contributed by atoms with E-state index < -0.39 is 6.10 Å². The smallest absolute Gasteiger partial charge is 0.266 e. The number of benzene rings is 2. The summed E-state index contributed by atoms with van der Waals surface area (Å²) in [6.07, 6.45) is -0.626. The van der Waals surface area contributed by atoms with E-state index in [1.165, 1.54) is 0 Å². The summed E-state index contributed by atoms with van der Waals surface area (Å²) in [5.41, 5.74) is 0.673. The molecule has 172 valence electrons. The summed E-state index contributed by atoms with van der Waals surface area (Å²) in [4.78, 5) is 17.6. The van der Waals surface area contributed by atoms with Crippen molar-refractivity contribution in [3.8, 4) is 17.2 Å². The lowest BCUT2D eigenvalue weighted by atomic mass is 9.87. The minimum atomic E-state index is -0.626. The van der Waals surface area contributed by atoms with Crippen molar-refractivity contribution in [2.45, 2.75) is 31.5 Å². The summed E-state index contributed by atoms with van der Waals surface area (Å²) < 4.78 is 22.9. The number of hydrogen-bond donors (Lipinski definition) is 0. The van der Waals surface area contributed by atoms with E-state index in [0.717, 1.165) is 18.7 Å². The van der Waals surface area contributed by atoms with Crippen molar-refractivity contribution in [1.82, 2.24) is 9.80 Å². The van der Waals surface area contributed by atoms with Gasteiger partial charge in [-0.05, 0) is 32.0 Å². The molecule has 0 N–H and O–H groups in total. The summed E-state index contributed by atoms with van der Waals surface area (Å²) in [7, 11) is 3.24. The number of para-hydroxylation sites is 2. The first-order valence-corrected chi connectivity index (χ1v) is 11.0. The molecule has 2 fully saturated rings. The minimum Gasteiger partial charge on any atom is -0.493 e. The van der Waals surface area contributed by atoms with E-state index in [0.29, 0.717) is 37.0 Å². The average molecular weight is 441 g/mol. The number of hydrogen-bond acceptors (Lipinski definition) is 6. The zero-order valence-electron chi connectivity index (χ0n) is 19.2. The molecule has 0 unspecified atom stereocenters. The van der Waals surface area contributed by atoms with Crippen LogP contribution in [0.5, 0.6) is 17.2 Å². The monoisotopic (exact) mass is 440 g/mol. The van der Waals surface area contributed by atoms with Crippen LogP contribution in [0.3, 0.4) is 0 Å². The third-order valence-electron chi connectivity index (χ3n) is 6.33. The molecule has 2 aliphatic rings. The molecular weight excluding hydrogens is 408 g/mol. The van der Waals surface area contributed by atoms with Crippen LogP contribution >= 0.6 is 0 Å². The van der Waals surface area contributed by atoms with Crippen molar-refractivity contribution in [3.63, 3.8) is 0 Å². The van der Waals surface area contributed by atoms with Gasteiger partial charge in [0.05, 0.1) is 27.4 Å². The molecule has 7 nitrogen and oxygen atoms in total. The normalized spacial score (nSPS) is 21.8. The van der Waals surface area contributed by atoms with Crippen LogP contribution in [0.25, 0.3) is 0 Å². The second kappa shape index (κ2) is 9.38. The Morgan fingerprint density at radius 1 is 1.00 bits per heavy atom. The quantitative estimate of drug-likeness (QED) is 0.588. The highest BCUT2D eigenvalue weighted by Crippen LogP contribution is 2.45. The van der Waals surface area contributed by atoms with E-state index in [1.807, 2.05) is 53.4 Å². The van der Waals surface area contributed by atoms with Crippen molar-refractivity contribution in [2.24, 2.45) is 0 Å². The highest BCUT2D eigenvalue weighted by Gasteiger charge is 2.53. The van der Waals surface area contributed by atoms with Crippen LogP contribution in [0.2, 0.25) is 0 Å². The number of amides is 1. The highest BCUT2D eigenvalue weighted by atomic mass is 16.5. The summed E-state index contributed by atoms with van der Waals surface area (Å²) in [6.45, 7) is 8.06. The molecule has 0 aromatic heterocycles. The Bertz CT molecular complexity index is 927. The minimum absolute atomic E-state index is 0.0231. The van der Waals surface area contributed by atoms with Gasteiger partial charge < -0.3 is 23.8 Å². The Hall–Kier alpha value is -2.77. The standard InChI is InChI=1S/C25H32N2O5/c1-25(2,26-13-15-31-16-14-26)17-27-21(19-11-8-12-20(29-3)22(19)30-4)23(24(27)28)32-18-9-6-5-7-10-18/h5-12,21,23H,13-17H2,1-4H3/t21-,23-/m1/s1. The van der Waals surface area contributed by atoms with Crippen LogP contribution in [0.15, 0.2) is 48.5 Å². The van der Waals surface area contributed by atoms with Crippen LogP contribution in [0.1, 0.15) is 25.5 Å². The topological polar surface area (TPSA) is 60.5 Å². The first-order valence-electron chi connectivity index (χ1n) is 11.0. The lowest BCUT2D eigenvalue weighted by Gasteiger charge is -2.52. The van der Waals surface area contributed by atoms with Gasteiger partial charge in [-0.1, -0.05) is 30.3 Å². The largest absolute Gasteiger partial charge is 0.493 e. The SMILES string of the molecule is COc1cccc([C@@H]2[C@@H](Oc3ccccc3)C(=O)N2CC(C)(C)N2CCOCC2)c1OC. The number of rotatable bonds is 8. The number of carbonyl (C=O) groups is 1. The van der Waals surface area contributed by atoms with Crippen molar-refractivity contribution >= 4 is 5.91 Å². The van der Waals surface area contributed by atoms with Crippen molar-refractivity contribution in [1.29, 1.82) is 0 Å². The second-order valence-corrected chi connectivity index (χ2v) is 8.76.